The highest BCUT2D eigenvalue weighted by molar-refractivity contribution is 5.68. The first-order valence-corrected chi connectivity index (χ1v) is 3.34. The van der Waals surface area contributed by atoms with Crippen LogP contribution in [0.2, 0.25) is 0 Å². The summed E-state index contributed by atoms with van der Waals surface area (Å²) in [6.07, 6.45) is -0.809. The van der Waals surface area contributed by atoms with Gasteiger partial charge in [-0.1, -0.05) is 0 Å². The summed E-state index contributed by atoms with van der Waals surface area (Å²) in [5.41, 5.74) is -0.528. The second-order valence-electron chi connectivity index (χ2n) is 3.21. The van der Waals surface area contributed by atoms with E-state index >= 15 is 0 Å². The summed E-state index contributed by atoms with van der Waals surface area (Å²) in [4.78, 5) is 10.8. The molecule has 0 rings (SSSR count). The molecule has 0 saturated carbocycles. The van der Waals surface area contributed by atoms with Crippen LogP contribution < -0.4 is 5.32 Å². The first-order chi connectivity index (χ1) is 4.81. The Labute approximate surface area is 66.5 Å². The van der Waals surface area contributed by atoms with Crippen molar-refractivity contribution in [2.24, 2.45) is 0 Å². The Morgan fingerprint density at radius 2 is 1.91 bits per heavy atom. The fourth-order valence-electron chi connectivity index (χ4n) is 0.451. The lowest BCUT2D eigenvalue weighted by Gasteiger charge is -2.19. The number of carbonyl (C=O) groups excluding carboxylic acids is 1. The summed E-state index contributed by atoms with van der Waals surface area (Å²) in [6, 6.07) is 0. The molecule has 65 valence electrons. The fourth-order valence-corrected chi connectivity index (χ4v) is 0.451. The van der Waals surface area contributed by atoms with Crippen LogP contribution in [-0.2, 0) is 4.74 Å². The third-order valence-electron chi connectivity index (χ3n) is 0.682. The van der Waals surface area contributed by atoms with Crippen molar-refractivity contribution in [2.75, 3.05) is 0 Å². The summed E-state index contributed by atoms with van der Waals surface area (Å²) in [5, 5.41) is 10.7. The van der Waals surface area contributed by atoms with Crippen molar-refractivity contribution in [1.29, 1.82) is 0 Å². The standard InChI is InChI=1S/C7H14NO3/c1-5(9)8-6(10)11-7(2,3)4/h9H,1-4H3,(H,8,10). The minimum atomic E-state index is -0.641. The molecule has 4 heteroatoms. The molecule has 2 N–H and O–H groups in total. The van der Waals surface area contributed by atoms with Crippen LogP contribution >= 0.6 is 0 Å². The summed E-state index contributed by atoms with van der Waals surface area (Å²) in [7, 11) is 0. The highest BCUT2D eigenvalue weighted by Gasteiger charge is 2.16. The lowest BCUT2D eigenvalue weighted by atomic mass is 10.2. The van der Waals surface area contributed by atoms with E-state index < -0.39 is 11.7 Å². The molecular formula is C7H14NO3. The van der Waals surface area contributed by atoms with Crippen molar-refractivity contribution in [1.82, 2.24) is 5.32 Å². The second-order valence-corrected chi connectivity index (χ2v) is 3.21. The molecule has 0 bridgehead atoms. The zero-order valence-corrected chi connectivity index (χ0v) is 7.26. The molecule has 0 aliphatic carbocycles. The maximum atomic E-state index is 10.8. The van der Waals surface area contributed by atoms with Gasteiger partial charge in [-0.15, -0.1) is 0 Å². The molecule has 0 spiro atoms. The van der Waals surface area contributed by atoms with Crippen LogP contribution in [0.4, 0.5) is 4.79 Å². The SMILES string of the molecule is C[C](O)NC(=O)OC(C)(C)C. The van der Waals surface area contributed by atoms with E-state index in [9.17, 15) is 4.79 Å². The van der Waals surface area contributed by atoms with Gasteiger partial charge >= 0.3 is 6.09 Å². The van der Waals surface area contributed by atoms with Gasteiger partial charge in [0.2, 0.25) is 0 Å². The van der Waals surface area contributed by atoms with Gasteiger partial charge in [0.25, 0.3) is 0 Å². The van der Waals surface area contributed by atoms with Gasteiger partial charge in [-0.2, -0.15) is 0 Å². The Balaban J connectivity index is 3.71. The van der Waals surface area contributed by atoms with E-state index in [1.54, 1.807) is 20.8 Å². The molecule has 0 saturated heterocycles. The molecule has 0 aromatic carbocycles. The second kappa shape index (κ2) is 3.57. The van der Waals surface area contributed by atoms with Gasteiger partial charge in [-0.05, 0) is 27.7 Å². The highest BCUT2D eigenvalue weighted by atomic mass is 16.6. The molecule has 0 fully saturated rings. The van der Waals surface area contributed by atoms with E-state index in [2.05, 4.69) is 5.32 Å². The molecule has 0 aromatic heterocycles. The van der Waals surface area contributed by atoms with E-state index in [0.29, 0.717) is 0 Å². The number of aliphatic hydroxyl groups excluding tert-OH is 1. The Kier molecular flexibility index (Phi) is 3.32. The Morgan fingerprint density at radius 3 is 2.18 bits per heavy atom. The van der Waals surface area contributed by atoms with E-state index in [-0.39, 0.29) is 6.23 Å². The molecule has 0 aliphatic heterocycles. The number of hydrogen-bond donors (Lipinski definition) is 2. The minimum Gasteiger partial charge on any atom is -0.444 e. The van der Waals surface area contributed by atoms with Crippen molar-refractivity contribution >= 4 is 6.09 Å². The van der Waals surface area contributed by atoms with Gasteiger partial charge in [0.1, 0.15) is 5.60 Å². The fraction of sp³-hybridized carbons (Fsp3) is 0.714. The average molecular weight is 160 g/mol. The quantitative estimate of drug-likeness (QED) is 0.609. The van der Waals surface area contributed by atoms with Gasteiger partial charge < -0.3 is 9.84 Å². The van der Waals surface area contributed by atoms with Crippen molar-refractivity contribution in [3.05, 3.63) is 6.23 Å². The van der Waals surface area contributed by atoms with Gasteiger partial charge in [-0.3, -0.25) is 5.32 Å². The first-order valence-electron chi connectivity index (χ1n) is 3.34. The van der Waals surface area contributed by atoms with Crippen LogP contribution in [-0.4, -0.2) is 16.8 Å². The largest absolute Gasteiger partial charge is 0.444 e. The zero-order chi connectivity index (χ0) is 9.07. The molecule has 0 atom stereocenters. The van der Waals surface area contributed by atoms with E-state index in [4.69, 9.17) is 9.84 Å². The van der Waals surface area contributed by atoms with Gasteiger partial charge in [-0.25, -0.2) is 4.79 Å². The van der Waals surface area contributed by atoms with E-state index in [1.165, 1.54) is 6.92 Å². The number of hydrogen-bond acceptors (Lipinski definition) is 3. The number of amides is 1. The summed E-state index contributed by atoms with van der Waals surface area (Å²) in [5.74, 6) is 0. The van der Waals surface area contributed by atoms with Crippen LogP contribution in [0, 0.1) is 6.23 Å². The number of rotatable bonds is 1. The minimum absolute atomic E-state index is 0.167. The van der Waals surface area contributed by atoms with E-state index in [0.717, 1.165) is 0 Å². The first kappa shape index (κ1) is 10.2. The molecular weight excluding hydrogens is 146 g/mol. The summed E-state index contributed by atoms with van der Waals surface area (Å²) in [6.45, 7) is 6.61. The lowest BCUT2D eigenvalue weighted by molar-refractivity contribution is 0.0486. The highest BCUT2D eigenvalue weighted by Crippen LogP contribution is 2.06. The van der Waals surface area contributed by atoms with Crippen molar-refractivity contribution < 1.29 is 14.6 Å². The monoisotopic (exact) mass is 160 g/mol. The summed E-state index contributed by atoms with van der Waals surface area (Å²) < 4.78 is 4.82. The molecule has 4 nitrogen and oxygen atoms in total. The number of carbonyl (C=O) groups is 1. The molecule has 0 unspecified atom stereocenters. The van der Waals surface area contributed by atoms with Gasteiger partial charge in [0.05, 0.1) is 0 Å². The smallest absolute Gasteiger partial charge is 0.410 e. The summed E-state index contributed by atoms with van der Waals surface area (Å²) >= 11 is 0. The Bertz CT molecular complexity index is 137. The average Bonchev–Trinajstić information content (AvgIpc) is 1.53. The zero-order valence-electron chi connectivity index (χ0n) is 7.26. The van der Waals surface area contributed by atoms with E-state index in [1.807, 2.05) is 0 Å². The number of nitrogens with one attached hydrogen (secondary N) is 1. The Hall–Kier alpha value is -0.770. The number of ether oxygens (including phenoxy) is 1. The number of alkyl carbamates (subject to hydrolysis) is 1. The predicted octanol–water partition coefficient (Wildman–Crippen LogP) is 1.39. The van der Waals surface area contributed by atoms with Crippen molar-refractivity contribution in [3.8, 4) is 0 Å². The van der Waals surface area contributed by atoms with Crippen LogP contribution in [0.5, 0.6) is 0 Å². The predicted molar refractivity (Wildman–Crippen MR) is 40.2 cm³/mol. The molecule has 0 aliphatic rings. The number of aliphatic hydroxyl groups is 1. The molecule has 1 radical (unpaired) electrons. The Morgan fingerprint density at radius 1 is 1.45 bits per heavy atom. The molecule has 11 heavy (non-hydrogen) atoms. The molecule has 0 heterocycles. The van der Waals surface area contributed by atoms with Crippen LogP contribution in [0.25, 0.3) is 0 Å². The normalized spacial score (nSPS) is 11.5. The van der Waals surface area contributed by atoms with Crippen LogP contribution in [0.15, 0.2) is 0 Å². The molecule has 1 amide bonds. The topological polar surface area (TPSA) is 58.6 Å². The maximum absolute atomic E-state index is 10.8. The van der Waals surface area contributed by atoms with Crippen molar-refractivity contribution in [3.63, 3.8) is 0 Å². The third kappa shape index (κ3) is 7.12. The van der Waals surface area contributed by atoms with Gasteiger partial charge in [0, 0.05) is 0 Å². The maximum Gasteiger partial charge on any atom is 0.410 e. The van der Waals surface area contributed by atoms with Crippen LogP contribution in [0.1, 0.15) is 27.7 Å². The lowest BCUT2D eigenvalue weighted by Crippen LogP contribution is -2.33. The van der Waals surface area contributed by atoms with Crippen molar-refractivity contribution in [2.45, 2.75) is 33.3 Å². The third-order valence-corrected chi connectivity index (χ3v) is 0.682. The van der Waals surface area contributed by atoms with Gasteiger partial charge in [0.15, 0.2) is 6.23 Å². The molecule has 0 aromatic rings. The van der Waals surface area contributed by atoms with Crippen LogP contribution in [0.3, 0.4) is 0 Å².